The van der Waals surface area contributed by atoms with Crippen LogP contribution in [0.3, 0.4) is 0 Å². The van der Waals surface area contributed by atoms with Gasteiger partial charge < -0.3 is 34.3 Å². The van der Waals surface area contributed by atoms with E-state index in [4.69, 9.17) is 4.52 Å². The minimum absolute atomic E-state index is 0.000602. The number of nitrogens with zero attached hydrogens (tertiary/aromatic N) is 11. The molecule has 10 aromatic heterocycles. The number of hydrogen-bond donors (Lipinski definition) is 4. The van der Waals surface area contributed by atoms with E-state index in [0.717, 1.165) is 174 Å². The monoisotopic (exact) mass is 1720 g/mol. The van der Waals surface area contributed by atoms with Gasteiger partial charge in [-0.3, -0.25) is 38.9 Å². The molecule has 125 heavy (non-hydrogen) atoms. The van der Waals surface area contributed by atoms with Crippen molar-refractivity contribution in [1.82, 2.24) is 69.4 Å². The maximum atomic E-state index is 12.1. The van der Waals surface area contributed by atoms with Crippen LogP contribution in [0.15, 0.2) is 139 Å². The second-order valence-electron chi connectivity index (χ2n) is 41.7. The average molecular weight is 1720 g/mol. The molecule has 4 N–H and O–H groups in total. The van der Waals surface area contributed by atoms with E-state index in [0.29, 0.717) is 28.8 Å². The zero-order chi connectivity index (χ0) is 92.2. The van der Waals surface area contributed by atoms with Crippen molar-refractivity contribution in [3.05, 3.63) is 253 Å². The Morgan fingerprint density at radius 1 is 0.448 bits per heavy atom. The number of aryl methyl sites for hydroxylation is 9. The smallest absolute Gasteiger partial charge is 0.270 e. The fourth-order valence-corrected chi connectivity index (χ4v) is 15.9. The van der Waals surface area contributed by atoms with Gasteiger partial charge >= 0.3 is 0 Å². The van der Waals surface area contributed by atoms with E-state index in [1.54, 1.807) is 30.0 Å². The minimum atomic E-state index is -0.0504. The first-order chi connectivity index (χ1) is 58.5. The Labute approximate surface area is 748 Å². The fourth-order valence-electron chi connectivity index (χ4n) is 15.0. The first kappa shape index (κ1) is 100. The molecule has 21 nitrogen and oxygen atoms in total. The minimum Gasteiger partial charge on any atom is -0.367 e. The molecular weight excluding hydrogens is 1580 g/mol. The van der Waals surface area contributed by atoms with Crippen molar-refractivity contribution < 1.29 is 9.32 Å². The third-order valence-corrected chi connectivity index (χ3v) is 23.1. The number of thiophene rings is 1. The third-order valence-electron chi connectivity index (χ3n) is 22.5. The summed E-state index contributed by atoms with van der Waals surface area (Å²) in [6.07, 6.45) is 32.3. The number of anilines is 1. The molecule has 0 bridgehead atoms. The summed E-state index contributed by atoms with van der Waals surface area (Å²) in [5, 5.41) is 14.6. The Morgan fingerprint density at radius 2 is 1.00 bits per heavy atom. The second-order valence-corrected chi connectivity index (χ2v) is 42.5. The zero-order valence-corrected chi connectivity index (χ0v) is 81.4. The predicted octanol–water partition coefficient (Wildman–Crippen LogP) is 21.9. The molecule has 22 heteroatoms. The number of rotatable bonds is 4. The summed E-state index contributed by atoms with van der Waals surface area (Å²) in [5.41, 5.74) is 18.3. The van der Waals surface area contributed by atoms with E-state index in [1.807, 2.05) is 104 Å². The van der Waals surface area contributed by atoms with Crippen molar-refractivity contribution in [1.29, 1.82) is 0 Å². The number of carbonyl (C=O) groups is 1. The van der Waals surface area contributed by atoms with Crippen LogP contribution >= 0.6 is 11.3 Å². The normalized spacial score (nSPS) is 14.5. The molecule has 676 valence electrons. The molecule has 0 atom stereocenters. The molecule has 1 saturated heterocycles. The number of nitrogens with one attached hydrogen (secondary N) is 4. The highest BCUT2D eigenvalue weighted by Gasteiger charge is 2.30. The lowest BCUT2D eigenvalue weighted by molar-refractivity contribution is -0.138. The molecule has 0 unspecified atom stereocenters. The van der Waals surface area contributed by atoms with E-state index < -0.39 is 0 Å². The van der Waals surface area contributed by atoms with Crippen LogP contribution in [0, 0.1) is 0 Å². The highest BCUT2D eigenvalue weighted by atomic mass is 32.1. The topological polar surface area (TPSA) is 282 Å². The van der Waals surface area contributed by atoms with Crippen LogP contribution in [0.1, 0.15) is 353 Å². The van der Waals surface area contributed by atoms with Crippen LogP contribution in [0.2, 0.25) is 0 Å². The van der Waals surface area contributed by atoms with Crippen LogP contribution < -0.4 is 27.6 Å². The Balaban J connectivity index is 0.000000173. The van der Waals surface area contributed by atoms with E-state index >= 15 is 0 Å². The molecule has 1 aromatic carbocycles. The first-order valence-corrected chi connectivity index (χ1v) is 46.4. The molecule has 17 rings (SSSR count). The summed E-state index contributed by atoms with van der Waals surface area (Å²) in [4.78, 5) is 104. The number of piperidine rings is 1. The van der Waals surface area contributed by atoms with Crippen molar-refractivity contribution in [2.24, 2.45) is 0 Å². The summed E-state index contributed by atoms with van der Waals surface area (Å²) >= 11 is 1.77. The molecule has 2 aliphatic heterocycles. The number of carbonyl (C=O) groups excluding carboxylic acids is 1. The lowest BCUT2D eigenvalue weighted by atomic mass is 9.87. The van der Waals surface area contributed by atoms with Crippen molar-refractivity contribution in [3.8, 4) is 0 Å². The molecule has 0 spiro atoms. The number of likely N-dealkylation sites (tertiary alicyclic amines) is 1. The van der Waals surface area contributed by atoms with Gasteiger partial charge in [-0.15, -0.1) is 0 Å². The molecule has 1 amide bonds. The summed E-state index contributed by atoms with van der Waals surface area (Å²) < 4.78 is 6.62. The first-order valence-electron chi connectivity index (χ1n) is 45.5. The van der Waals surface area contributed by atoms with Gasteiger partial charge in [-0.1, -0.05) is 182 Å². The van der Waals surface area contributed by atoms with Gasteiger partial charge in [0.05, 0.1) is 23.1 Å². The fraction of sp³-hybridized carbons (Fsp3) is 0.553. The highest BCUT2D eigenvalue weighted by molar-refractivity contribution is 7.08. The maximum Gasteiger partial charge on any atom is 0.270 e. The molecule has 6 aliphatic rings. The quantitative estimate of drug-likeness (QED) is 0.127. The summed E-state index contributed by atoms with van der Waals surface area (Å²) in [5.74, 6) is 3.54. The van der Waals surface area contributed by atoms with Crippen LogP contribution in [0.4, 0.5) is 5.82 Å². The van der Waals surface area contributed by atoms with Crippen LogP contribution in [-0.2, 0) is 102 Å². The maximum absolute atomic E-state index is 12.1. The SMILES string of the molecule is CC(C)(C)N1CCCCC1=O.CC(C)(C)c1cc2c([nH]c1=O)CCC2.CC(C)(C)c1ccc2n(c1=O)CCC2.CC(C)(C)c1ccsc1.CC(C)(C)c1cnoc1.CC(C)(C)c1ncc2c(n1)CCC2.CC(C)(C)c1ncc2ccccc2n1.CC(C)Nc1nccc2ccncc12.CC(C)c1nc2c([nH]c1=O)CCC2.CC(C)c1nc2c([nH]c1=O)CCCC2. The van der Waals surface area contributed by atoms with E-state index in [-0.39, 0.29) is 66.7 Å². The van der Waals surface area contributed by atoms with Gasteiger partial charge in [0, 0.05) is 141 Å². The molecule has 0 saturated carbocycles. The van der Waals surface area contributed by atoms with Crippen LogP contribution in [0.25, 0.3) is 21.7 Å². The number of aromatic amines is 3. The highest BCUT2D eigenvalue weighted by Crippen LogP contribution is 2.31. The van der Waals surface area contributed by atoms with Gasteiger partial charge in [0.25, 0.3) is 22.2 Å². The summed E-state index contributed by atoms with van der Waals surface area (Å²) in [6, 6.07) is 20.8. The predicted molar refractivity (Wildman–Crippen MR) is 515 cm³/mol. The summed E-state index contributed by atoms with van der Waals surface area (Å²) in [6.45, 7) is 58.7. The van der Waals surface area contributed by atoms with Crippen molar-refractivity contribution >= 4 is 44.7 Å². The Hall–Kier alpha value is -9.96. The van der Waals surface area contributed by atoms with Crippen LogP contribution in [-0.4, -0.2) is 93.5 Å². The van der Waals surface area contributed by atoms with Crippen LogP contribution in [0.5, 0.6) is 0 Å². The molecule has 1 fully saturated rings. The number of pyridine rings is 4. The van der Waals surface area contributed by atoms with Gasteiger partial charge in [-0.25, -0.2) is 24.9 Å². The molecule has 11 aromatic rings. The van der Waals surface area contributed by atoms with E-state index in [2.05, 4.69) is 254 Å². The molecule has 0 radical (unpaired) electrons. The van der Waals surface area contributed by atoms with Gasteiger partial charge in [-0.05, 0) is 235 Å². The van der Waals surface area contributed by atoms with Gasteiger partial charge in [0.2, 0.25) is 5.91 Å². The lowest BCUT2D eigenvalue weighted by Gasteiger charge is -2.38. The van der Waals surface area contributed by atoms with Crippen molar-refractivity contribution in [2.45, 2.75) is 365 Å². The van der Waals surface area contributed by atoms with Gasteiger partial charge in [0.1, 0.15) is 35.1 Å². The number of fused-ring (bicyclic) bond motifs is 7. The third kappa shape index (κ3) is 29.8. The summed E-state index contributed by atoms with van der Waals surface area (Å²) in [7, 11) is 0. The van der Waals surface area contributed by atoms with Gasteiger partial charge in [-0.2, -0.15) is 11.3 Å². The number of amides is 1. The average Bonchev–Trinajstić information content (AvgIpc) is 1.69. The lowest BCUT2D eigenvalue weighted by Crippen LogP contribution is -2.47. The molecule has 4 aliphatic carbocycles. The van der Waals surface area contributed by atoms with E-state index in [1.165, 1.54) is 66.6 Å². The Morgan fingerprint density at radius 3 is 1.55 bits per heavy atom. The number of benzene rings is 1. The van der Waals surface area contributed by atoms with Crippen molar-refractivity contribution in [3.63, 3.8) is 0 Å². The number of H-pyrrole nitrogens is 3. The van der Waals surface area contributed by atoms with Gasteiger partial charge in [0.15, 0.2) is 0 Å². The zero-order valence-electron chi connectivity index (χ0n) is 80.6. The van der Waals surface area contributed by atoms with Crippen molar-refractivity contribution in [2.75, 3.05) is 11.9 Å². The van der Waals surface area contributed by atoms with E-state index in [9.17, 15) is 24.0 Å². The number of para-hydroxylation sites is 1. The number of aromatic nitrogens is 13. The standard InChI is InChI=1S/C12H14N2.2C12H17NO.C11H13N3.C11H16N2O.C11H16N2.C10H14N2O.C9H17NO.C8H12S.C7H11NO/c1-12(2,3)11-13-8-9-6-4-5-7-10(9)14-11;1-12(2,3)10-7-6-9-5-4-8-13(9)11(10)14;1-12(2,3)9-7-8-5-4-6-10(8)13-11(9)14;1-8(2)14-11-10-7-12-5-3-9(10)4-6-13-11;1-7(2)10-11(14)13-9-6-4-3-5-8(9)12-10;1-11(2,3)10-12-7-8-5-4-6-9(8)13-10;1-6(2)9-10(13)12-8-5-3-4-7(8)11-9;1-9(2,3)10-7-5-4-6-8(10)11;1-8(2,3)7-4-5-9-6-7;1-7(2,3)6-4-8-9-5-6/h4-8H,1-3H3;6-7H,4-5,8H2,1-3H3;7H,4-6H2,1-3H3,(H,13,14);3-8H,1-2H3,(H,13,14);7H,3-6H2,1-2H3,(H,13,14);7H,4-6H2,1-3H3;6H,3-5H2,1-2H3,(H,12,13);4-7H2,1-3H3;4-6H,1-3H3;4-5H,1-3H3. The Bertz CT molecular complexity index is 5490. The molecule has 12 heterocycles. The number of hydrogen-bond acceptors (Lipinski definition) is 17. The Kier molecular flexibility index (Phi) is 35.3. The molecular formula is C103H147N15O6S. The largest absolute Gasteiger partial charge is 0.367 e. The second kappa shape index (κ2) is 44.0.